The maximum atomic E-state index is 11.1. The van der Waals surface area contributed by atoms with Crippen LogP contribution in [-0.4, -0.2) is 28.1 Å². The molecule has 0 atom stereocenters. The number of carbonyl (C=O) groups is 1. The van der Waals surface area contributed by atoms with Crippen LogP contribution in [0, 0.1) is 10.1 Å². The van der Waals surface area contributed by atoms with Crippen molar-refractivity contribution in [2.24, 2.45) is 0 Å². The number of benzene rings is 1. The van der Waals surface area contributed by atoms with Crippen LogP contribution in [0.25, 0.3) is 0 Å². The van der Waals surface area contributed by atoms with E-state index in [1.54, 1.807) is 13.0 Å². The van der Waals surface area contributed by atoms with Crippen LogP contribution in [0.5, 0.6) is 5.75 Å². The number of carboxylic acid groups (broad SMARTS) is 1. The molecule has 1 saturated carbocycles. The Bertz CT molecular complexity index is 525. The first kappa shape index (κ1) is 13.1. The monoisotopic (exact) mass is 266 g/mol. The molecule has 1 aliphatic rings. The summed E-state index contributed by atoms with van der Waals surface area (Å²) in [5, 5.41) is 23.0. The van der Waals surface area contributed by atoms with Crippen molar-refractivity contribution in [2.75, 3.05) is 11.9 Å². The lowest BCUT2D eigenvalue weighted by atomic mass is 10.2. The van der Waals surface area contributed by atoms with E-state index in [0.717, 1.165) is 0 Å². The minimum atomic E-state index is -1.07. The molecule has 1 aliphatic carbocycles. The standard InChI is InChI=1S/C12H14N2O5/c1-2-19-9-5-3-4-8(10(9)14(17)18)13-12(6-7-12)11(15)16/h3-5,13H,2,6-7H2,1H3,(H,15,16). The number of carboxylic acids is 1. The molecule has 19 heavy (non-hydrogen) atoms. The molecule has 0 amide bonds. The minimum Gasteiger partial charge on any atom is -0.487 e. The summed E-state index contributed by atoms with van der Waals surface area (Å²) in [6, 6.07) is 4.58. The lowest BCUT2D eigenvalue weighted by Crippen LogP contribution is -2.31. The summed E-state index contributed by atoms with van der Waals surface area (Å²) < 4.78 is 5.21. The van der Waals surface area contributed by atoms with Crippen LogP contribution < -0.4 is 10.1 Å². The van der Waals surface area contributed by atoms with Gasteiger partial charge in [0.15, 0.2) is 5.75 Å². The quantitative estimate of drug-likeness (QED) is 0.603. The van der Waals surface area contributed by atoms with Crippen molar-refractivity contribution < 1.29 is 19.6 Å². The highest BCUT2D eigenvalue weighted by atomic mass is 16.6. The highest BCUT2D eigenvalue weighted by Gasteiger charge is 2.51. The number of ether oxygens (including phenoxy) is 1. The fraction of sp³-hybridized carbons (Fsp3) is 0.417. The summed E-state index contributed by atoms with van der Waals surface area (Å²) in [4.78, 5) is 21.7. The molecule has 0 spiro atoms. The topological polar surface area (TPSA) is 102 Å². The molecule has 102 valence electrons. The second-order valence-electron chi connectivity index (χ2n) is 4.35. The third kappa shape index (κ3) is 2.44. The van der Waals surface area contributed by atoms with Gasteiger partial charge in [0.2, 0.25) is 0 Å². The smallest absolute Gasteiger partial charge is 0.333 e. The first-order chi connectivity index (χ1) is 9.00. The van der Waals surface area contributed by atoms with E-state index < -0.39 is 16.4 Å². The van der Waals surface area contributed by atoms with Crippen molar-refractivity contribution in [3.8, 4) is 5.75 Å². The molecule has 1 aromatic carbocycles. The molecule has 7 nitrogen and oxygen atoms in total. The number of aliphatic carboxylic acids is 1. The Morgan fingerprint density at radius 2 is 2.26 bits per heavy atom. The summed E-state index contributed by atoms with van der Waals surface area (Å²) in [6.07, 6.45) is 0.913. The number of anilines is 1. The molecular weight excluding hydrogens is 252 g/mol. The molecule has 7 heteroatoms. The van der Waals surface area contributed by atoms with Crippen LogP contribution in [0.1, 0.15) is 19.8 Å². The van der Waals surface area contributed by atoms with E-state index >= 15 is 0 Å². The molecule has 0 aromatic heterocycles. The number of hydrogen-bond donors (Lipinski definition) is 2. The van der Waals surface area contributed by atoms with Gasteiger partial charge < -0.3 is 15.2 Å². The number of nitrogens with zero attached hydrogens (tertiary/aromatic N) is 1. The van der Waals surface area contributed by atoms with Gasteiger partial charge in [-0.3, -0.25) is 10.1 Å². The van der Waals surface area contributed by atoms with Gasteiger partial charge in [0.1, 0.15) is 11.2 Å². The molecule has 0 bridgehead atoms. The molecular formula is C12H14N2O5. The second kappa shape index (κ2) is 4.75. The first-order valence-electron chi connectivity index (χ1n) is 5.92. The zero-order valence-corrected chi connectivity index (χ0v) is 10.4. The van der Waals surface area contributed by atoms with Gasteiger partial charge in [-0.2, -0.15) is 0 Å². The molecule has 0 saturated heterocycles. The third-order valence-electron chi connectivity index (χ3n) is 3.01. The van der Waals surface area contributed by atoms with Crippen molar-refractivity contribution in [1.82, 2.24) is 0 Å². The highest BCUT2D eigenvalue weighted by molar-refractivity contribution is 5.88. The predicted molar refractivity (Wildman–Crippen MR) is 67.5 cm³/mol. The summed E-state index contributed by atoms with van der Waals surface area (Å²) in [7, 11) is 0. The Morgan fingerprint density at radius 3 is 2.74 bits per heavy atom. The van der Waals surface area contributed by atoms with Gasteiger partial charge >= 0.3 is 11.7 Å². The summed E-state index contributed by atoms with van der Waals surface area (Å²) >= 11 is 0. The minimum absolute atomic E-state index is 0.138. The highest BCUT2D eigenvalue weighted by Crippen LogP contribution is 2.43. The van der Waals surface area contributed by atoms with Crippen LogP contribution >= 0.6 is 0 Å². The molecule has 2 N–H and O–H groups in total. The fourth-order valence-corrected chi connectivity index (χ4v) is 1.86. The Kier molecular flexibility index (Phi) is 3.28. The van der Waals surface area contributed by atoms with E-state index in [2.05, 4.69) is 5.32 Å². The lowest BCUT2D eigenvalue weighted by molar-refractivity contribution is -0.385. The van der Waals surface area contributed by atoms with Crippen molar-refractivity contribution in [1.29, 1.82) is 0 Å². The van der Waals surface area contributed by atoms with E-state index in [0.29, 0.717) is 19.4 Å². The molecule has 1 aromatic rings. The Balaban J connectivity index is 2.37. The first-order valence-corrected chi connectivity index (χ1v) is 5.92. The Morgan fingerprint density at radius 1 is 1.58 bits per heavy atom. The van der Waals surface area contributed by atoms with Crippen molar-refractivity contribution in [3.63, 3.8) is 0 Å². The molecule has 1 fully saturated rings. The van der Waals surface area contributed by atoms with Gasteiger partial charge in [-0.05, 0) is 31.9 Å². The van der Waals surface area contributed by atoms with Gasteiger partial charge in [-0.1, -0.05) is 6.07 Å². The molecule has 0 aliphatic heterocycles. The van der Waals surface area contributed by atoms with E-state index in [-0.39, 0.29) is 17.1 Å². The van der Waals surface area contributed by atoms with Gasteiger partial charge in [0.05, 0.1) is 11.5 Å². The number of nitro groups is 1. The van der Waals surface area contributed by atoms with Gasteiger partial charge in [0.25, 0.3) is 0 Å². The van der Waals surface area contributed by atoms with Crippen molar-refractivity contribution in [3.05, 3.63) is 28.3 Å². The maximum absolute atomic E-state index is 11.1. The van der Waals surface area contributed by atoms with Crippen LogP contribution in [-0.2, 0) is 4.79 Å². The van der Waals surface area contributed by atoms with E-state index in [4.69, 9.17) is 9.84 Å². The van der Waals surface area contributed by atoms with E-state index in [1.165, 1.54) is 12.1 Å². The largest absolute Gasteiger partial charge is 0.487 e. The predicted octanol–water partition coefficient (Wildman–Crippen LogP) is 2.02. The van der Waals surface area contributed by atoms with E-state index in [1.807, 2.05) is 0 Å². The number of rotatable bonds is 6. The molecule has 0 radical (unpaired) electrons. The van der Waals surface area contributed by atoms with Gasteiger partial charge in [-0.15, -0.1) is 0 Å². The second-order valence-corrected chi connectivity index (χ2v) is 4.35. The number of nitrogens with one attached hydrogen (secondary N) is 1. The third-order valence-corrected chi connectivity index (χ3v) is 3.01. The van der Waals surface area contributed by atoms with Crippen LogP contribution in [0.3, 0.4) is 0 Å². The van der Waals surface area contributed by atoms with E-state index in [9.17, 15) is 14.9 Å². The maximum Gasteiger partial charge on any atom is 0.333 e. The summed E-state index contributed by atoms with van der Waals surface area (Å²) in [6.45, 7) is 2.03. The molecule has 0 heterocycles. The van der Waals surface area contributed by atoms with Crippen LogP contribution in [0.2, 0.25) is 0 Å². The van der Waals surface area contributed by atoms with Gasteiger partial charge in [0, 0.05) is 0 Å². The number of para-hydroxylation sites is 1. The molecule has 2 rings (SSSR count). The number of hydrogen-bond acceptors (Lipinski definition) is 5. The Labute approximate surface area is 109 Å². The van der Waals surface area contributed by atoms with Crippen molar-refractivity contribution in [2.45, 2.75) is 25.3 Å². The summed E-state index contributed by atoms with van der Waals surface area (Å²) in [5.41, 5.74) is -1.12. The average Bonchev–Trinajstić information content (AvgIpc) is 3.10. The van der Waals surface area contributed by atoms with Crippen LogP contribution in [0.15, 0.2) is 18.2 Å². The van der Waals surface area contributed by atoms with Crippen molar-refractivity contribution >= 4 is 17.3 Å². The number of nitro benzene ring substituents is 1. The van der Waals surface area contributed by atoms with Crippen LogP contribution in [0.4, 0.5) is 11.4 Å². The normalized spacial score (nSPS) is 15.6. The lowest BCUT2D eigenvalue weighted by Gasteiger charge is -2.15. The SMILES string of the molecule is CCOc1cccc(NC2(C(=O)O)CC2)c1[N+](=O)[O-]. The summed E-state index contributed by atoms with van der Waals surface area (Å²) in [5.74, 6) is -0.859. The fourth-order valence-electron chi connectivity index (χ4n) is 1.86. The zero-order valence-electron chi connectivity index (χ0n) is 10.4. The van der Waals surface area contributed by atoms with Gasteiger partial charge in [-0.25, -0.2) is 4.79 Å². The molecule has 0 unspecified atom stereocenters. The Hall–Kier alpha value is -2.31. The zero-order chi connectivity index (χ0) is 14.0. The average molecular weight is 266 g/mol.